The van der Waals surface area contributed by atoms with Crippen molar-refractivity contribution in [2.75, 3.05) is 38.7 Å². The van der Waals surface area contributed by atoms with Crippen molar-refractivity contribution in [3.63, 3.8) is 0 Å². The first-order valence-corrected chi connectivity index (χ1v) is 15.7. The number of amides is 2. The van der Waals surface area contributed by atoms with Crippen molar-refractivity contribution in [3.8, 4) is 17.2 Å². The smallest absolute Gasteiger partial charge is 0.264 e. The van der Waals surface area contributed by atoms with Gasteiger partial charge in [-0.1, -0.05) is 32.4 Å². The molecule has 0 aromatic heterocycles. The molecule has 0 aliphatic heterocycles. The van der Waals surface area contributed by atoms with E-state index in [-0.39, 0.29) is 35.2 Å². The number of ether oxygens (including phenoxy) is 3. The van der Waals surface area contributed by atoms with Crippen LogP contribution in [0.5, 0.6) is 17.2 Å². The van der Waals surface area contributed by atoms with E-state index in [2.05, 4.69) is 5.32 Å². The van der Waals surface area contributed by atoms with Crippen LogP contribution < -0.4 is 23.8 Å². The molecule has 1 atom stereocenters. The number of carbonyl (C=O) groups excluding carboxylic acids is 2. The quantitative estimate of drug-likeness (QED) is 0.227. The van der Waals surface area contributed by atoms with Gasteiger partial charge in [-0.3, -0.25) is 13.9 Å². The Kier molecular flexibility index (Phi) is 12.4. The maximum atomic E-state index is 14.2. The minimum atomic E-state index is -4.40. The minimum Gasteiger partial charge on any atom is -0.497 e. The van der Waals surface area contributed by atoms with Crippen LogP contribution in [0.15, 0.2) is 71.6 Å². The normalized spacial score (nSPS) is 11.8. The van der Waals surface area contributed by atoms with Crippen molar-refractivity contribution in [2.45, 2.75) is 50.6 Å². The first-order chi connectivity index (χ1) is 21.1. The summed E-state index contributed by atoms with van der Waals surface area (Å²) in [5, 5.41) is 2.89. The Balaban J connectivity index is 2.08. The molecule has 238 valence electrons. The molecule has 3 aromatic carbocycles. The lowest BCUT2D eigenvalue weighted by Crippen LogP contribution is -2.52. The second-order valence-electron chi connectivity index (χ2n) is 9.95. The average Bonchev–Trinajstić information content (AvgIpc) is 3.03. The number of nitrogens with one attached hydrogen (secondary N) is 1. The van der Waals surface area contributed by atoms with Crippen LogP contribution in [0.2, 0.25) is 0 Å². The van der Waals surface area contributed by atoms with Crippen molar-refractivity contribution in [1.82, 2.24) is 10.2 Å². The van der Waals surface area contributed by atoms with Crippen LogP contribution in [-0.4, -0.2) is 65.6 Å². The largest absolute Gasteiger partial charge is 0.497 e. The summed E-state index contributed by atoms with van der Waals surface area (Å²) in [6.07, 6.45) is 1.94. The number of hydrogen-bond donors (Lipinski definition) is 1. The van der Waals surface area contributed by atoms with Crippen LogP contribution >= 0.6 is 0 Å². The summed E-state index contributed by atoms with van der Waals surface area (Å²) in [7, 11) is -0.0712. The van der Waals surface area contributed by atoms with Crippen LogP contribution in [0.25, 0.3) is 0 Å². The van der Waals surface area contributed by atoms with Gasteiger partial charge in [0.2, 0.25) is 11.8 Å². The Morgan fingerprint density at radius 2 is 1.61 bits per heavy atom. The summed E-state index contributed by atoms with van der Waals surface area (Å²) in [5.74, 6) is -0.474. The summed E-state index contributed by atoms with van der Waals surface area (Å²) in [5.41, 5.74) is 0.755. The van der Waals surface area contributed by atoms with Crippen molar-refractivity contribution in [3.05, 3.63) is 78.1 Å². The van der Waals surface area contributed by atoms with Crippen LogP contribution in [-0.2, 0) is 26.2 Å². The number of hydrogen-bond acceptors (Lipinski definition) is 7. The third kappa shape index (κ3) is 8.40. The second kappa shape index (κ2) is 15.9. The van der Waals surface area contributed by atoms with E-state index in [0.29, 0.717) is 23.6 Å². The lowest BCUT2D eigenvalue weighted by Gasteiger charge is -2.33. The zero-order valence-corrected chi connectivity index (χ0v) is 26.5. The lowest BCUT2D eigenvalue weighted by molar-refractivity contribution is -0.140. The van der Waals surface area contributed by atoms with Gasteiger partial charge in [-0.15, -0.1) is 0 Å². The molecular weight excluding hydrogens is 589 g/mol. The third-order valence-corrected chi connectivity index (χ3v) is 8.81. The fourth-order valence-corrected chi connectivity index (χ4v) is 6.06. The predicted molar refractivity (Wildman–Crippen MR) is 166 cm³/mol. The van der Waals surface area contributed by atoms with E-state index >= 15 is 0 Å². The summed E-state index contributed by atoms with van der Waals surface area (Å²) in [6, 6.07) is 15.0. The number of methoxy groups -OCH3 is 3. The molecule has 2 amide bonds. The third-order valence-electron chi connectivity index (χ3n) is 7.04. The van der Waals surface area contributed by atoms with Gasteiger partial charge in [-0.25, -0.2) is 12.8 Å². The average molecular weight is 630 g/mol. The molecule has 0 fully saturated rings. The lowest BCUT2D eigenvalue weighted by atomic mass is 10.1. The molecule has 3 rings (SSSR count). The van der Waals surface area contributed by atoms with E-state index in [4.69, 9.17) is 14.2 Å². The number of benzene rings is 3. The fourth-order valence-electron chi connectivity index (χ4n) is 4.63. The Bertz CT molecular complexity index is 1520. The van der Waals surface area contributed by atoms with E-state index in [9.17, 15) is 22.4 Å². The number of sulfonamides is 1. The maximum Gasteiger partial charge on any atom is 0.264 e. The number of rotatable bonds is 16. The van der Waals surface area contributed by atoms with Gasteiger partial charge in [-0.2, -0.15) is 0 Å². The van der Waals surface area contributed by atoms with Gasteiger partial charge < -0.3 is 24.4 Å². The number of nitrogens with zero attached hydrogens (tertiary/aromatic N) is 2. The second-order valence-corrected chi connectivity index (χ2v) is 11.8. The molecule has 10 nitrogen and oxygen atoms in total. The SMILES string of the molecule is CCCCNC(=O)[C@@H](CC)N(Cc1cccc(OC)c1)C(=O)CN(c1ccc(F)cc1)S(=O)(=O)c1ccc(OC)c(OC)c1. The summed E-state index contributed by atoms with van der Waals surface area (Å²) in [6.45, 7) is 3.59. The Hall–Kier alpha value is -4.32. The van der Waals surface area contributed by atoms with E-state index in [1.807, 2.05) is 6.92 Å². The first kappa shape index (κ1) is 34.2. The van der Waals surface area contributed by atoms with Crippen molar-refractivity contribution < 1.29 is 36.6 Å². The van der Waals surface area contributed by atoms with Gasteiger partial charge in [0.05, 0.1) is 31.9 Å². The van der Waals surface area contributed by atoms with E-state index < -0.39 is 34.3 Å². The van der Waals surface area contributed by atoms with Crippen LogP contribution in [0.3, 0.4) is 0 Å². The molecule has 0 unspecified atom stereocenters. The highest BCUT2D eigenvalue weighted by Gasteiger charge is 2.34. The zero-order chi connectivity index (χ0) is 32.3. The molecule has 0 aliphatic carbocycles. The molecule has 0 radical (unpaired) electrons. The van der Waals surface area contributed by atoms with Gasteiger partial charge >= 0.3 is 0 Å². The topological polar surface area (TPSA) is 114 Å². The first-order valence-electron chi connectivity index (χ1n) is 14.3. The van der Waals surface area contributed by atoms with E-state index in [1.54, 1.807) is 31.2 Å². The van der Waals surface area contributed by atoms with Gasteiger partial charge in [0.25, 0.3) is 10.0 Å². The van der Waals surface area contributed by atoms with Gasteiger partial charge in [0.1, 0.15) is 24.2 Å². The molecule has 0 saturated heterocycles. The van der Waals surface area contributed by atoms with E-state index in [0.717, 1.165) is 29.3 Å². The van der Waals surface area contributed by atoms with E-state index in [1.165, 1.54) is 56.6 Å². The molecule has 3 aromatic rings. The van der Waals surface area contributed by atoms with Crippen molar-refractivity contribution in [2.24, 2.45) is 0 Å². The highest BCUT2D eigenvalue weighted by atomic mass is 32.2. The predicted octanol–water partition coefficient (Wildman–Crippen LogP) is 4.77. The van der Waals surface area contributed by atoms with Crippen molar-refractivity contribution in [1.29, 1.82) is 0 Å². The minimum absolute atomic E-state index is 0.0173. The monoisotopic (exact) mass is 629 g/mol. The Morgan fingerprint density at radius 3 is 2.23 bits per heavy atom. The molecule has 0 bridgehead atoms. The van der Waals surface area contributed by atoms with Gasteiger partial charge in [-0.05, 0) is 66.9 Å². The number of unbranched alkanes of at least 4 members (excludes halogenated alkanes) is 1. The Labute approximate surface area is 258 Å². The molecule has 0 aliphatic rings. The summed E-state index contributed by atoms with van der Waals surface area (Å²) < 4.78 is 58.9. The summed E-state index contributed by atoms with van der Waals surface area (Å²) >= 11 is 0. The Morgan fingerprint density at radius 1 is 0.909 bits per heavy atom. The fraction of sp³-hybridized carbons (Fsp3) is 0.375. The molecule has 12 heteroatoms. The van der Waals surface area contributed by atoms with Crippen LogP contribution in [0.1, 0.15) is 38.7 Å². The highest BCUT2D eigenvalue weighted by Crippen LogP contribution is 2.32. The van der Waals surface area contributed by atoms with Gasteiger partial charge in [0, 0.05) is 19.2 Å². The number of anilines is 1. The molecule has 44 heavy (non-hydrogen) atoms. The van der Waals surface area contributed by atoms with Gasteiger partial charge in [0.15, 0.2) is 11.5 Å². The molecular formula is C32H40FN3O7S. The standard InChI is InChI=1S/C32H40FN3O7S/c1-6-8-18-34-32(38)28(7-2)35(21-23-10-9-11-26(19-23)41-3)31(37)22-36(25-14-12-24(33)13-15-25)44(39,40)27-16-17-29(42-4)30(20-27)43-5/h9-17,19-20,28H,6-8,18,21-22H2,1-5H3,(H,34,38)/t28-/m1/s1. The molecule has 0 spiro atoms. The molecule has 0 heterocycles. The van der Waals surface area contributed by atoms with Crippen LogP contribution in [0.4, 0.5) is 10.1 Å². The maximum absolute atomic E-state index is 14.2. The van der Waals surface area contributed by atoms with Crippen molar-refractivity contribution >= 4 is 27.5 Å². The number of halogens is 1. The zero-order valence-electron chi connectivity index (χ0n) is 25.7. The highest BCUT2D eigenvalue weighted by molar-refractivity contribution is 7.92. The summed E-state index contributed by atoms with van der Waals surface area (Å²) in [4.78, 5) is 28.7. The molecule has 1 N–H and O–H groups in total. The van der Waals surface area contributed by atoms with Crippen LogP contribution in [0, 0.1) is 5.82 Å². The number of carbonyl (C=O) groups is 2. The molecule has 0 saturated carbocycles.